The molecule has 0 aliphatic carbocycles. The van der Waals surface area contributed by atoms with Gasteiger partial charge < -0.3 is 15.5 Å². The van der Waals surface area contributed by atoms with Gasteiger partial charge in [-0.05, 0) is 38.9 Å². The lowest BCUT2D eigenvalue weighted by Gasteiger charge is -2.33. The second-order valence-electron chi connectivity index (χ2n) is 5.07. The number of piperidine rings is 1. The van der Waals surface area contributed by atoms with Crippen molar-refractivity contribution in [1.82, 2.24) is 20.4 Å². The van der Waals surface area contributed by atoms with Crippen LogP contribution in [0, 0.1) is 5.92 Å². The molecule has 2 N–H and O–H groups in total. The van der Waals surface area contributed by atoms with Gasteiger partial charge in [0.25, 0.3) is 0 Å². The van der Waals surface area contributed by atoms with Gasteiger partial charge in [0.05, 0.1) is 6.54 Å². The van der Waals surface area contributed by atoms with E-state index in [9.17, 15) is 9.59 Å². The van der Waals surface area contributed by atoms with Crippen LogP contribution in [-0.2, 0) is 4.79 Å². The van der Waals surface area contributed by atoms with Gasteiger partial charge in [-0.15, -0.1) is 0 Å². The number of carbonyl (C=O) groups excluding carboxylic acids is 2. The number of nitrogens with zero attached hydrogens (tertiary/aromatic N) is 2. The van der Waals surface area contributed by atoms with Crippen LogP contribution in [0.1, 0.15) is 12.8 Å². The fourth-order valence-corrected chi connectivity index (χ4v) is 2.73. The number of rotatable bonds is 5. The molecule has 0 aromatic heterocycles. The molecule has 0 radical (unpaired) electrons. The molecule has 2 aliphatic rings. The fourth-order valence-electron chi connectivity index (χ4n) is 2.73. The number of likely N-dealkylation sites (tertiary alicyclic amines) is 1. The predicted molar refractivity (Wildman–Crippen MR) is 68.2 cm³/mol. The lowest BCUT2D eigenvalue weighted by Crippen LogP contribution is -2.44. The molecule has 1 atom stereocenters. The molecule has 3 amide bonds. The van der Waals surface area contributed by atoms with E-state index in [2.05, 4.69) is 15.5 Å². The molecule has 1 unspecified atom stereocenters. The van der Waals surface area contributed by atoms with Crippen LogP contribution in [0.15, 0.2) is 0 Å². The van der Waals surface area contributed by atoms with Gasteiger partial charge >= 0.3 is 6.03 Å². The molecule has 102 valence electrons. The zero-order valence-electron chi connectivity index (χ0n) is 10.9. The third kappa shape index (κ3) is 3.20. The van der Waals surface area contributed by atoms with Crippen molar-refractivity contribution in [1.29, 1.82) is 0 Å². The Morgan fingerprint density at radius 1 is 1.39 bits per heavy atom. The Labute approximate surface area is 108 Å². The van der Waals surface area contributed by atoms with E-state index in [4.69, 9.17) is 0 Å². The molecular formula is C12H22N4O2. The van der Waals surface area contributed by atoms with Crippen LogP contribution in [-0.4, -0.2) is 68.1 Å². The number of hydrogen-bond acceptors (Lipinski definition) is 4. The van der Waals surface area contributed by atoms with Crippen molar-refractivity contribution < 1.29 is 9.59 Å². The maximum atomic E-state index is 11.4. The van der Waals surface area contributed by atoms with Gasteiger partial charge in [-0.1, -0.05) is 0 Å². The van der Waals surface area contributed by atoms with Crippen LogP contribution in [0.2, 0.25) is 0 Å². The van der Waals surface area contributed by atoms with Crippen molar-refractivity contribution in [2.24, 2.45) is 5.92 Å². The number of nitrogens with one attached hydrogen (secondary N) is 2. The van der Waals surface area contributed by atoms with E-state index in [0.717, 1.165) is 26.2 Å². The lowest BCUT2D eigenvalue weighted by atomic mass is 9.98. The summed E-state index contributed by atoms with van der Waals surface area (Å²) in [4.78, 5) is 26.5. The molecular weight excluding hydrogens is 232 g/mol. The lowest BCUT2D eigenvalue weighted by molar-refractivity contribution is -0.125. The van der Waals surface area contributed by atoms with E-state index in [-0.39, 0.29) is 18.5 Å². The summed E-state index contributed by atoms with van der Waals surface area (Å²) in [5.74, 6) is 0.579. The standard InChI is InChI=1S/C12H22N4O2/c1-13-7-10-3-2-4-15(9-10)5-6-16-11(17)8-14-12(16)18/h10,13H,2-9H2,1H3,(H,14,18). The van der Waals surface area contributed by atoms with E-state index in [1.54, 1.807) is 0 Å². The summed E-state index contributed by atoms with van der Waals surface area (Å²) in [6.45, 7) is 4.63. The molecule has 2 rings (SSSR count). The summed E-state index contributed by atoms with van der Waals surface area (Å²) in [7, 11) is 1.98. The third-order valence-corrected chi connectivity index (χ3v) is 3.67. The molecule has 2 aliphatic heterocycles. The van der Waals surface area contributed by atoms with Crippen LogP contribution < -0.4 is 10.6 Å². The molecule has 0 bridgehead atoms. The topological polar surface area (TPSA) is 64.7 Å². The number of imide groups is 1. The minimum Gasteiger partial charge on any atom is -0.329 e. The quantitative estimate of drug-likeness (QED) is 0.647. The third-order valence-electron chi connectivity index (χ3n) is 3.67. The Morgan fingerprint density at radius 2 is 2.22 bits per heavy atom. The van der Waals surface area contributed by atoms with Crippen LogP contribution in [0.5, 0.6) is 0 Å². The number of carbonyl (C=O) groups is 2. The van der Waals surface area contributed by atoms with Crippen molar-refractivity contribution in [2.75, 3.05) is 46.3 Å². The van der Waals surface area contributed by atoms with Crippen molar-refractivity contribution in [3.05, 3.63) is 0 Å². The summed E-state index contributed by atoms with van der Waals surface area (Å²) < 4.78 is 0. The Balaban J connectivity index is 1.76. The van der Waals surface area contributed by atoms with E-state index in [1.165, 1.54) is 17.7 Å². The second-order valence-corrected chi connectivity index (χ2v) is 5.07. The first-order chi connectivity index (χ1) is 8.70. The van der Waals surface area contributed by atoms with Crippen LogP contribution >= 0.6 is 0 Å². The highest BCUT2D eigenvalue weighted by Gasteiger charge is 2.29. The first-order valence-electron chi connectivity index (χ1n) is 6.66. The number of hydrogen-bond donors (Lipinski definition) is 2. The molecule has 0 spiro atoms. The predicted octanol–water partition coefficient (Wildman–Crippen LogP) is -0.530. The fraction of sp³-hybridized carbons (Fsp3) is 0.833. The monoisotopic (exact) mass is 254 g/mol. The Kier molecular flexibility index (Phi) is 4.54. The average molecular weight is 254 g/mol. The van der Waals surface area contributed by atoms with E-state index in [1.807, 2.05) is 7.05 Å². The van der Waals surface area contributed by atoms with Gasteiger partial charge in [-0.25, -0.2) is 4.79 Å². The SMILES string of the molecule is CNCC1CCCN(CCN2C(=O)CNC2=O)C1. The molecule has 0 aromatic rings. The minimum atomic E-state index is -0.246. The van der Waals surface area contributed by atoms with Crippen LogP contribution in [0.3, 0.4) is 0 Å². The summed E-state index contributed by atoms with van der Waals surface area (Å²) in [6.07, 6.45) is 2.47. The van der Waals surface area contributed by atoms with Gasteiger partial charge in [0, 0.05) is 19.6 Å². The van der Waals surface area contributed by atoms with Crippen molar-refractivity contribution in [3.8, 4) is 0 Å². The smallest absolute Gasteiger partial charge is 0.324 e. The van der Waals surface area contributed by atoms with Gasteiger partial charge in [0.15, 0.2) is 0 Å². The average Bonchev–Trinajstić information content (AvgIpc) is 2.68. The van der Waals surface area contributed by atoms with E-state index < -0.39 is 0 Å². The summed E-state index contributed by atoms with van der Waals surface area (Å²) in [6, 6.07) is -0.246. The molecule has 2 fully saturated rings. The number of amides is 3. The highest BCUT2D eigenvalue weighted by molar-refractivity contribution is 6.01. The van der Waals surface area contributed by atoms with Gasteiger partial charge in [-0.3, -0.25) is 9.69 Å². The first kappa shape index (κ1) is 13.3. The van der Waals surface area contributed by atoms with Crippen molar-refractivity contribution >= 4 is 11.9 Å². The van der Waals surface area contributed by atoms with Gasteiger partial charge in [0.1, 0.15) is 0 Å². The summed E-state index contributed by atoms with van der Waals surface area (Å²) in [5.41, 5.74) is 0. The van der Waals surface area contributed by atoms with Crippen LogP contribution in [0.4, 0.5) is 4.79 Å². The van der Waals surface area contributed by atoms with Gasteiger partial charge in [0.2, 0.25) is 5.91 Å². The summed E-state index contributed by atoms with van der Waals surface area (Å²) >= 11 is 0. The first-order valence-corrected chi connectivity index (χ1v) is 6.66. The van der Waals surface area contributed by atoms with E-state index in [0.29, 0.717) is 12.5 Å². The molecule has 0 saturated carbocycles. The second kappa shape index (κ2) is 6.15. The zero-order valence-corrected chi connectivity index (χ0v) is 10.9. The van der Waals surface area contributed by atoms with Crippen molar-refractivity contribution in [2.45, 2.75) is 12.8 Å². The normalized spacial score (nSPS) is 25.6. The number of urea groups is 1. The Hall–Kier alpha value is -1.14. The Morgan fingerprint density at radius 3 is 2.89 bits per heavy atom. The molecule has 6 nitrogen and oxygen atoms in total. The minimum absolute atomic E-state index is 0.108. The maximum absolute atomic E-state index is 11.4. The highest BCUT2D eigenvalue weighted by Crippen LogP contribution is 2.15. The van der Waals surface area contributed by atoms with Crippen molar-refractivity contribution in [3.63, 3.8) is 0 Å². The van der Waals surface area contributed by atoms with Crippen LogP contribution in [0.25, 0.3) is 0 Å². The highest BCUT2D eigenvalue weighted by atomic mass is 16.2. The molecule has 18 heavy (non-hydrogen) atoms. The molecule has 0 aromatic carbocycles. The zero-order chi connectivity index (χ0) is 13.0. The summed E-state index contributed by atoms with van der Waals surface area (Å²) in [5, 5.41) is 5.76. The largest absolute Gasteiger partial charge is 0.329 e. The molecule has 2 saturated heterocycles. The maximum Gasteiger partial charge on any atom is 0.324 e. The van der Waals surface area contributed by atoms with E-state index >= 15 is 0 Å². The Bertz CT molecular complexity index is 303. The molecule has 6 heteroatoms. The van der Waals surface area contributed by atoms with Gasteiger partial charge in [-0.2, -0.15) is 0 Å². The molecule has 2 heterocycles.